The Morgan fingerprint density at radius 1 is 0.971 bits per heavy atom. The Morgan fingerprint density at radius 3 is 2.56 bits per heavy atom. The van der Waals surface area contributed by atoms with E-state index >= 15 is 0 Å². The van der Waals surface area contributed by atoms with Crippen molar-refractivity contribution in [2.45, 2.75) is 11.4 Å². The highest BCUT2D eigenvalue weighted by atomic mass is 32.2. The summed E-state index contributed by atoms with van der Waals surface area (Å²) in [5.74, 6) is 1.45. The Bertz CT molecular complexity index is 1510. The van der Waals surface area contributed by atoms with Crippen molar-refractivity contribution in [2.24, 2.45) is 4.99 Å². The van der Waals surface area contributed by atoms with Crippen LogP contribution in [0, 0.1) is 0 Å². The van der Waals surface area contributed by atoms with Gasteiger partial charge in [-0.05, 0) is 42.0 Å². The molecule has 5 rings (SSSR count). The van der Waals surface area contributed by atoms with E-state index in [2.05, 4.69) is 4.57 Å². The Labute approximate surface area is 202 Å². The fraction of sp³-hybridized carbons (Fsp3) is 0.160. The van der Waals surface area contributed by atoms with Gasteiger partial charge in [0.25, 0.3) is 0 Å². The van der Waals surface area contributed by atoms with Crippen LogP contribution in [0.5, 0.6) is 11.5 Å². The van der Waals surface area contributed by atoms with E-state index < -0.39 is 10.0 Å². The number of sulfonamides is 1. The zero-order chi connectivity index (χ0) is 23.7. The van der Waals surface area contributed by atoms with Crippen molar-refractivity contribution >= 4 is 27.0 Å². The van der Waals surface area contributed by atoms with Crippen LogP contribution in [0.1, 0.15) is 5.56 Å². The molecule has 174 valence electrons. The number of para-hydroxylation sites is 1. The summed E-state index contributed by atoms with van der Waals surface area (Å²) < 4.78 is 39.8. The molecule has 0 atom stereocenters. The van der Waals surface area contributed by atoms with Crippen molar-refractivity contribution in [1.29, 1.82) is 0 Å². The van der Waals surface area contributed by atoms with E-state index in [-0.39, 0.29) is 11.7 Å². The lowest BCUT2D eigenvalue weighted by molar-refractivity contribution is 0.174. The number of rotatable bonds is 6. The molecule has 9 heteroatoms. The van der Waals surface area contributed by atoms with Gasteiger partial charge in [0.2, 0.25) is 16.8 Å². The van der Waals surface area contributed by atoms with Gasteiger partial charge < -0.3 is 14.0 Å². The number of aromatic nitrogens is 1. The fourth-order valence-corrected chi connectivity index (χ4v) is 5.54. The summed E-state index contributed by atoms with van der Waals surface area (Å²) in [5.41, 5.74) is 3.55. The second kappa shape index (κ2) is 9.09. The van der Waals surface area contributed by atoms with Gasteiger partial charge in [0.1, 0.15) is 0 Å². The standard InChI is InChI=1S/C25H23N3O4S2/c1-27(2)34(29,30)21-10-6-7-19(14-21)22-16-33-25(26-20-8-4-3-5-9-20)28(22)15-18-11-12-23-24(13-18)32-17-31-23/h3-14,16H,15,17H2,1-2H3. The summed E-state index contributed by atoms with van der Waals surface area (Å²) in [6.45, 7) is 0.753. The SMILES string of the molecule is CN(C)S(=O)(=O)c1cccc(-c2csc(=Nc3ccccc3)n2Cc2ccc3c(c2)OCO3)c1. The molecule has 7 nitrogen and oxygen atoms in total. The van der Waals surface area contributed by atoms with Crippen LogP contribution >= 0.6 is 11.3 Å². The molecule has 0 N–H and O–H groups in total. The summed E-state index contributed by atoms with van der Waals surface area (Å²) >= 11 is 1.51. The largest absolute Gasteiger partial charge is 0.454 e. The Kier molecular flexibility index (Phi) is 5.99. The zero-order valence-corrected chi connectivity index (χ0v) is 20.3. The van der Waals surface area contributed by atoms with E-state index in [1.54, 1.807) is 18.2 Å². The van der Waals surface area contributed by atoms with Gasteiger partial charge in [0.05, 0.1) is 22.8 Å². The van der Waals surface area contributed by atoms with Gasteiger partial charge in [-0.2, -0.15) is 0 Å². The van der Waals surface area contributed by atoms with Crippen LogP contribution in [-0.2, 0) is 16.6 Å². The Hall–Kier alpha value is -3.40. The monoisotopic (exact) mass is 493 g/mol. The molecule has 0 aliphatic carbocycles. The molecule has 0 saturated carbocycles. The maximum atomic E-state index is 12.7. The van der Waals surface area contributed by atoms with E-state index in [1.807, 2.05) is 60.0 Å². The van der Waals surface area contributed by atoms with E-state index in [4.69, 9.17) is 14.5 Å². The predicted octanol–water partition coefficient (Wildman–Crippen LogP) is 4.48. The lowest BCUT2D eigenvalue weighted by Gasteiger charge is -2.14. The Balaban J connectivity index is 1.63. The fourth-order valence-electron chi connectivity index (χ4n) is 3.66. The van der Waals surface area contributed by atoms with Crippen LogP contribution in [0.2, 0.25) is 0 Å². The first-order valence-electron chi connectivity index (χ1n) is 10.6. The average molecular weight is 494 g/mol. The summed E-state index contributed by atoms with van der Waals surface area (Å²) in [6.07, 6.45) is 0. The van der Waals surface area contributed by atoms with Crippen LogP contribution in [0.25, 0.3) is 11.3 Å². The van der Waals surface area contributed by atoms with Gasteiger partial charge in [-0.25, -0.2) is 17.7 Å². The summed E-state index contributed by atoms with van der Waals surface area (Å²) in [7, 11) is -0.492. The van der Waals surface area contributed by atoms with Gasteiger partial charge in [-0.1, -0.05) is 36.4 Å². The molecule has 34 heavy (non-hydrogen) atoms. The van der Waals surface area contributed by atoms with Gasteiger partial charge in [-0.15, -0.1) is 11.3 Å². The highest BCUT2D eigenvalue weighted by Crippen LogP contribution is 2.33. The second-order valence-corrected chi connectivity index (χ2v) is 10.9. The second-order valence-electron chi connectivity index (χ2n) is 7.94. The molecule has 0 radical (unpaired) electrons. The maximum absolute atomic E-state index is 12.7. The molecule has 1 aliphatic rings. The average Bonchev–Trinajstić information content (AvgIpc) is 3.46. The highest BCUT2D eigenvalue weighted by Gasteiger charge is 2.19. The molecule has 0 bridgehead atoms. The van der Waals surface area contributed by atoms with Crippen molar-refractivity contribution in [3.05, 3.63) is 88.5 Å². The lowest BCUT2D eigenvalue weighted by atomic mass is 10.1. The molecule has 1 aliphatic heterocycles. The third kappa shape index (κ3) is 4.37. The number of nitrogens with zero attached hydrogens (tertiary/aromatic N) is 3. The third-order valence-electron chi connectivity index (χ3n) is 5.46. The number of fused-ring (bicyclic) bond motifs is 1. The number of hydrogen-bond donors (Lipinski definition) is 0. The first-order valence-corrected chi connectivity index (χ1v) is 12.9. The molecule has 2 heterocycles. The predicted molar refractivity (Wildman–Crippen MR) is 132 cm³/mol. The number of ether oxygens (including phenoxy) is 2. The van der Waals surface area contributed by atoms with E-state index in [9.17, 15) is 8.42 Å². The third-order valence-corrected chi connectivity index (χ3v) is 8.14. The number of hydrogen-bond acceptors (Lipinski definition) is 6. The molecular weight excluding hydrogens is 470 g/mol. The smallest absolute Gasteiger partial charge is 0.242 e. The summed E-state index contributed by atoms with van der Waals surface area (Å²) in [4.78, 5) is 5.91. The van der Waals surface area contributed by atoms with Gasteiger partial charge >= 0.3 is 0 Å². The molecule has 0 fully saturated rings. The Morgan fingerprint density at radius 2 is 1.76 bits per heavy atom. The molecule has 4 aromatic rings. The summed E-state index contributed by atoms with van der Waals surface area (Å²) in [5, 5.41) is 2.01. The van der Waals surface area contributed by atoms with Crippen LogP contribution in [0.3, 0.4) is 0 Å². The first kappa shape index (κ1) is 22.4. The van der Waals surface area contributed by atoms with Crippen LogP contribution in [0.4, 0.5) is 5.69 Å². The van der Waals surface area contributed by atoms with Crippen molar-refractivity contribution < 1.29 is 17.9 Å². The zero-order valence-electron chi connectivity index (χ0n) is 18.7. The van der Waals surface area contributed by atoms with Crippen molar-refractivity contribution in [3.63, 3.8) is 0 Å². The normalized spacial score (nSPS) is 13.6. The van der Waals surface area contributed by atoms with Crippen molar-refractivity contribution in [2.75, 3.05) is 20.9 Å². The number of benzene rings is 3. The van der Waals surface area contributed by atoms with Gasteiger partial charge in [0.15, 0.2) is 16.3 Å². The molecule has 0 amide bonds. The minimum atomic E-state index is -3.55. The van der Waals surface area contributed by atoms with E-state index in [1.165, 1.54) is 29.7 Å². The first-order chi connectivity index (χ1) is 16.4. The molecular formula is C25H23N3O4S2. The lowest BCUT2D eigenvalue weighted by Crippen LogP contribution is -2.22. The van der Waals surface area contributed by atoms with E-state index in [0.717, 1.165) is 38.8 Å². The quantitative estimate of drug-likeness (QED) is 0.397. The maximum Gasteiger partial charge on any atom is 0.242 e. The highest BCUT2D eigenvalue weighted by molar-refractivity contribution is 7.89. The molecule has 1 aromatic heterocycles. The molecule has 0 spiro atoms. The topological polar surface area (TPSA) is 73.1 Å². The van der Waals surface area contributed by atoms with Crippen molar-refractivity contribution in [1.82, 2.24) is 8.87 Å². The minimum Gasteiger partial charge on any atom is -0.454 e. The van der Waals surface area contributed by atoms with Gasteiger partial charge in [-0.3, -0.25) is 0 Å². The molecule has 0 unspecified atom stereocenters. The van der Waals surface area contributed by atoms with Crippen molar-refractivity contribution in [3.8, 4) is 22.8 Å². The summed E-state index contributed by atoms with van der Waals surface area (Å²) in [6, 6.07) is 22.6. The molecule has 3 aromatic carbocycles. The van der Waals surface area contributed by atoms with Crippen LogP contribution < -0.4 is 14.3 Å². The minimum absolute atomic E-state index is 0.220. The van der Waals surface area contributed by atoms with Gasteiger partial charge in [0, 0.05) is 25.0 Å². The van der Waals surface area contributed by atoms with E-state index in [0.29, 0.717) is 6.54 Å². The number of thiazole rings is 1. The van der Waals surface area contributed by atoms with Crippen LogP contribution in [0.15, 0.2) is 88.1 Å². The van der Waals surface area contributed by atoms with Crippen LogP contribution in [-0.4, -0.2) is 38.2 Å². The molecule has 0 saturated heterocycles.